The number of rotatable bonds is 4. The van der Waals surface area contributed by atoms with Crippen molar-refractivity contribution in [3.8, 4) is 11.4 Å². The second-order valence-corrected chi connectivity index (χ2v) is 7.96. The molecule has 0 aliphatic heterocycles. The van der Waals surface area contributed by atoms with Gasteiger partial charge in [0.15, 0.2) is 22.5 Å². The Kier molecular flexibility index (Phi) is 6.39. The largest absolute Gasteiger partial charge is 0.491 e. The van der Waals surface area contributed by atoms with Gasteiger partial charge in [0.05, 0.1) is 12.8 Å². The molecule has 0 saturated heterocycles. The first kappa shape index (κ1) is 24.1. The minimum atomic E-state index is -1.91. The van der Waals surface area contributed by atoms with E-state index < -0.39 is 40.5 Å². The predicted molar refractivity (Wildman–Crippen MR) is 125 cm³/mol. The molecule has 4 aromatic rings. The van der Waals surface area contributed by atoms with Crippen molar-refractivity contribution in [2.75, 3.05) is 12.4 Å². The Morgan fingerprint density at radius 2 is 1.51 bits per heavy atom. The number of aromatic nitrogens is 3. The number of aryl methyl sites for hydroxylation is 2. The lowest BCUT2D eigenvalue weighted by Gasteiger charge is -2.13. The second-order valence-electron chi connectivity index (χ2n) is 7.55. The number of ether oxygens (including phenoxy) is 1. The second kappa shape index (κ2) is 9.29. The number of halogens is 4. The normalized spacial score (nSPS) is 10.9. The van der Waals surface area contributed by atoms with Crippen LogP contribution in [-0.4, -0.2) is 33.1 Å². The van der Waals surface area contributed by atoms with E-state index in [-0.39, 0.29) is 5.11 Å². The summed E-state index contributed by atoms with van der Waals surface area (Å²) in [6.07, 6.45) is 0. The van der Waals surface area contributed by atoms with Crippen LogP contribution in [0.15, 0.2) is 36.4 Å². The summed E-state index contributed by atoms with van der Waals surface area (Å²) in [5.41, 5.74) is 2.56. The van der Waals surface area contributed by atoms with Crippen LogP contribution in [0.1, 0.15) is 21.5 Å². The Morgan fingerprint density at radius 3 is 2.09 bits per heavy atom. The number of amides is 1. The molecule has 0 saturated carbocycles. The van der Waals surface area contributed by atoms with E-state index in [2.05, 4.69) is 20.3 Å². The molecule has 0 aliphatic carbocycles. The maximum atomic E-state index is 14.2. The van der Waals surface area contributed by atoms with E-state index in [1.165, 1.54) is 4.80 Å². The maximum absolute atomic E-state index is 14.2. The van der Waals surface area contributed by atoms with Crippen molar-refractivity contribution in [2.45, 2.75) is 13.8 Å². The van der Waals surface area contributed by atoms with Gasteiger partial charge in [-0.1, -0.05) is 17.7 Å². The fraction of sp³-hybridized carbons (Fsp3) is 0.130. The zero-order valence-electron chi connectivity index (χ0n) is 18.5. The number of methoxy groups -OCH3 is 1. The lowest BCUT2D eigenvalue weighted by molar-refractivity contribution is 0.0966. The Balaban J connectivity index is 1.57. The van der Waals surface area contributed by atoms with Crippen LogP contribution in [0, 0.1) is 37.1 Å². The van der Waals surface area contributed by atoms with E-state index in [1.54, 1.807) is 19.1 Å². The molecule has 0 bridgehead atoms. The third kappa shape index (κ3) is 4.52. The van der Waals surface area contributed by atoms with Gasteiger partial charge in [-0.15, -0.1) is 10.2 Å². The number of nitrogens with zero attached hydrogens (tertiary/aromatic N) is 3. The highest BCUT2D eigenvalue weighted by molar-refractivity contribution is 7.80. The van der Waals surface area contributed by atoms with Crippen LogP contribution in [-0.2, 0) is 0 Å². The van der Waals surface area contributed by atoms with Crippen LogP contribution >= 0.6 is 12.2 Å². The number of thiocarbonyl (C=S) groups is 1. The number of fused-ring (bicyclic) bond motifs is 1. The molecule has 0 fully saturated rings. The minimum Gasteiger partial charge on any atom is -0.491 e. The molecule has 180 valence electrons. The molecule has 0 spiro atoms. The number of carbonyl (C=O) groups excluding carboxylic acids is 1. The average molecular weight is 503 g/mol. The van der Waals surface area contributed by atoms with Gasteiger partial charge in [0, 0.05) is 5.69 Å². The number of anilines is 1. The summed E-state index contributed by atoms with van der Waals surface area (Å²) in [5.74, 6) is -10.3. The topological polar surface area (TPSA) is 81.1 Å². The number of benzene rings is 3. The number of nitrogens with one attached hydrogen (secondary N) is 2. The number of carbonyl (C=O) groups is 1. The standard InChI is InChI=1S/C23H17F4N5O2S/c1-10-4-6-12(7-5-10)32-30-14-8-11(2)13(9-15(14)31-32)28-23(35)29-22(33)16-17(24)19(26)21(34-3)20(27)18(16)25/h4-9H,1-3H3,(H2,28,29,33,35). The van der Waals surface area contributed by atoms with Gasteiger partial charge in [0.25, 0.3) is 5.91 Å². The van der Waals surface area contributed by atoms with E-state index >= 15 is 0 Å². The smallest absolute Gasteiger partial charge is 0.263 e. The summed E-state index contributed by atoms with van der Waals surface area (Å²) in [7, 11) is 0.831. The number of hydrogen-bond donors (Lipinski definition) is 2. The molecule has 0 radical (unpaired) electrons. The molecule has 12 heteroatoms. The average Bonchev–Trinajstić information content (AvgIpc) is 3.21. The summed E-state index contributed by atoms with van der Waals surface area (Å²) in [4.78, 5) is 13.8. The van der Waals surface area contributed by atoms with E-state index in [1.807, 2.05) is 36.5 Å². The monoisotopic (exact) mass is 503 g/mol. The van der Waals surface area contributed by atoms with Gasteiger partial charge in [-0.3, -0.25) is 10.1 Å². The molecule has 3 aromatic carbocycles. The van der Waals surface area contributed by atoms with Gasteiger partial charge in [-0.2, -0.15) is 13.6 Å². The first-order chi connectivity index (χ1) is 16.6. The quantitative estimate of drug-likeness (QED) is 0.238. The zero-order valence-corrected chi connectivity index (χ0v) is 19.4. The van der Waals surface area contributed by atoms with Crippen molar-refractivity contribution in [3.05, 3.63) is 76.4 Å². The maximum Gasteiger partial charge on any atom is 0.263 e. The van der Waals surface area contributed by atoms with Crippen LogP contribution in [0.25, 0.3) is 16.7 Å². The zero-order chi connectivity index (χ0) is 25.4. The fourth-order valence-corrected chi connectivity index (χ4v) is 3.51. The van der Waals surface area contributed by atoms with Crippen molar-refractivity contribution in [1.29, 1.82) is 0 Å². The molecular formula is C23H17F4N5O2S. The summed E-state index contributed by atoms with van der Waals surface area (Å²) in [5, 5.41) is 13.2. The SMILES string of the molecule is COc1c(F)c(F)c(C(=O)NC(=S)Nc2cc3nn(-c4ccc(C)cc4)nc3cc2C)c(F)c1F. The fourth-order valence-electron chi connectivity index (χ4n) is 3.31. The van der Waals surface area contributed by atoms with Gasteiger partial charge < -0.3 is 10.1 Å². The molecule has 2 N–H and O–H groups in total. The summed E-state index contributed by atoms with van der Waals surface area (Å²) in [6, 6.07) is 10.9. The van der Waals surface area contributed by atoms with Gasteiger partial charge in [-0.05, 0) is 55.9 Å². The molecule has 1 heterocycles. The summed E-state index contributed by atoms with van der Waals surface area (Å²) < 4.78 is 60.6. The highest BCUT2D eigenvalue weighted by atomic mass is 32.1. The molecular weight excluding hydrogens is 486 g/mol. The molecule has 1 amide bonds. The Bertz CT molecular complexity index is 1460. The third-order valence-electron chi connectivity index (χ3n) is 5.12. The molecule has 1 aromatic heterocycles. The first-order valence-electron chi connectivity index (χ1n) is 10.1. The molecule has 0 unspecified atom stereocenters. The molecule has 4 rings (SSSR count). The van der Waals surface area contributed by atoms with Crippen LogP contribution in [0.3, 0.4) is 0 Å². The minimum absolute atomic E-state index is 0.362. The molecule has 7 nitrogen and oxygen atoms in total. The Morgan fingerprint density at radius 1 is 0.943 bits per heavy atom. The van der Waals surface area contributed by atoms with E-state index in [0.29, 0.717) is 22.3 Å². The molecule has 0 atom stereocenters. The van der Waals surface area contributed by atoms with Crippen molar-refractivity contribution in [3.63, 3.8) is 0 Å². The first-order valence-corrected chi connectivity index (χ1v) is 10.5. The van der Waals surface area contributed by atoms with Gasteiger partial charge in [0.2, 0.25) is 11.6 Å². The van der Waals surface area contributed by atoms with Crippen LogP contribution in [0.2, 0.25) is 0 Å². The lowest BCUT2D eigenvalue weighted by Crippen LogP contribution is -2.35. The summed E-state index contributed by atoms with van der Waals surface area (Å²) in [6.45, 7) is 3.70. The van der Waals surface area contributed by atoms with Crippen molar-refractivity contribution in [1.82, 2.24) is 20.3 Å². The van der Waals surface area contributed by atoms with Crippen molar-refractivity contribution in [2.24, 2.45) is 0 Å². The van der Waals surface area contributed by atoms with Gasteiger partial charge in [0.1, 0.15) is 16.6 Å². The number of hydrogen-bond acceptors (Lipinski definition) is 5. The molecule has 0 aliphatic rings. The Labute approximate surface area is 201 Å². The van der Waals surface area contributed by atoms with Crippen molar-refractivity contribution >= 4 is 40.0 Å². The van der Waals surface area contributed by atoms with Crippen molar-refractivity contribution < 1.29 is 27.1 Å². The van der Waals surface area contributed by atoms with E-state index in [9.17, 15) is 22.4 Å². The van der Waals surface area contributed by atoms with E-state index in [4.69, 9.17) is 12.2 Å². The van der Waals surface area contributed by atoms with Gasteiger partial charge in [-0.25, -0.2) is 8.78 Å². The van der Waals surface area contributed by atoms with Gasteiger partial charge >= 0.3 is 0 Å². The highest BCUT2D eigenvalue weighted by Gasteiger charge is 2.30. The molecule has 35 heavy (non-hydrogen) atoms. The van der Waals surface area contributed by atoms with Crippen LogP contribution < -0.4 is 15.4 Å². The predicted octanol–water partition coefficient (Wildman–Crippen LogP) is 4.73. The van der Waals surface area contributed by atoms with E-state index in [0.717, 1.165) is 18.4 Å². The summed E-state index contributed by atoms with van der Waals surface area (Å²) >= 11 is 5.05. The Hall–Kier alpha value is -4.06. The van der Waals surface area contributed by atoms with Crippen LogP contribution in [0.4, 0.5) is 23.2 Å². The third-order valence-corrected chi connectivity index (χ3v) is 5.33. The highest BCUT2D eigenvalue weighted by Crippen LogP contribution is 2.30. The van der Waals surface area contributed by atoms with Crippen LogP contribution in [0.5, 0.6) is 5.75 Å². The lowest BCUT2D eigenvalue weighted by atomic mass is 10.1.